The first kappa shape index (κ1) is 14.8. The summed E-state index contributed by atoms with van der Waals surface area (Å²) >= 11 is 0. The van der Waals surface area contributed by atoms with Crippen molar-refractivity contribution >= 4 is 0 Å². The van der Waals surface area contributed by atoms with Crippen LogP contribution in [0.2, 0.25) is 0 Å². The Morgan fingerprint density at radius 2 is 1.47 bits per heavy atom. The summed E-state index contributed by atoms with van der Waals surface area (Å²) in [5.41, 5.74) is 1.78. The molecule has 0 aromatic carbocycles. The molecular formula is C17H32. The Morgan fingerprint density at radius 3 is 2.18 bits per heavy atom. The summed E-state index contributed by atoms with van der Waals surface area (Å²) in [5.74, 6) is 0. The third-order valence-electron chi connectivity index (χ3n) is 3.99. The molecule has 0 saturated carbocycles. The molecule has 1 aliphatic rings. The molecule has 0 heteroatoms. The summed E-state index contributed by atoms with van der Waals surface area (Å²) < 4.78 is 0. The van der Waals surface area contributed by atoms with Crippen LogP contribution in [0.3, 0.4) is 0 Å². The summed E-state index contributed by atoms with van der Waals surface area (Å²) in [6.45, 7) is 2.30. The van der Waals surface area contributed by atoms with E-state index < -0.39 is 0 Å². The van der Waals surface area contributed by atoms with E-state index in [4.69, 9.17) is 0 Å². The molecule has 0 unspecified atom stereocenters. The van der Waals surface area contributed by atoms with Crippen molar-refractivity contribution in [2.75, 3.05) is 0 Å². The predicted octanol–water partition coefficient (Wildman–Crippen LogP) is 6.41. The highest BCUT2D eigenvalue weighted by atomic mass is 14.1. The lowest BCUT2D eigenvalue weighted by Gasteiger charge is -2.09. The van der Waals surface area contributed by atoms with E-state index in [1.54, 1.807) is 5.57 Å². The molecule has 0 atom stereocenters. The normalized spacial score (nSPS) is 23.2. The molecule has 0 amide bonds. The van der Waals surface area contributed by atoms with Gasteiger partial charge in [0.05, 0.1) is 0 Å². The molecule has 0 heterocycles. The smallest absolute Gasteiger partial charge is 0.0320 e. The summed E-state index contributed by atoms with van der Waals surface area (Å²) in [4.78, 5) is 0. The fourth-order valence-electron chi connectivity index (χ4n) is 2.79. The molecule has 0 radical (unpaired) electrons. The van der Waals surface area contributed by atoms with Crippen LogP contribution in [-0.4, -0.2) is 0 Å². The van der Waals surface area contributed by atoms with Gasteiger partial charge in [-0.1, -0.05) is 69.9 Å². The minimum absolute atomic E-state index is 1.35. The lowest BCUT2D eigenvalue weighted by Crippen LogP contribution is -1.89. The lowest BCUT2D eigenvalue weighted by atomic mass is 9.97. The van der Waals surface area contributed by atoms with Crippen molar-refractivity contribution in [1.82, 2.24) is 0 Å². The van der Waals surface area contributed by atoms with Gasteiger partial charge in [-0.05, 0) is 38.5 Å². The fourth-order valence-corrected chi connectivity index (χ4v) is 2.79. The quantitative estimate of drug-likeness (QED) is 0.391. The second-order valence-electron chi connectivity index (χ2n) is 5.69. The first-order valence-electron chi connectivity index (χ1n) is 8.11. The second kappa shape index (κ2) is 10.9. The van der Waals surface area contributed by atoms with Gasteiger partial charge in [0.25, 0.3) is 0 Å². The zero-order valence-electron chi connectivity index (χ0n) is 12.0. The average molecular weight is 236 g/mol. The van der Waals surface area contributed by atoms with E-state index >= 15 is 0 Å². The Hall–Kier alpha value is -0.260. The van der Waals surface area contributed by atoms with Gasteiger partial charge in [0.15, 0.2) is 0 Å². The van der Waals surface area contributed by atoms with E-state index in [1.165, 1.54) is 89.9 Å². The van der Waals surface area contributed by atoms with Gasteiger partial charge in [0, 0.05) is 0 Å². The van der Waals surface area contributed by atoms with Crippen LogP contribution in [0.5, 0.6) is 0 Å². The number of allylic oxidation sites excluding steroid dienone is 2. The average Bonchev–Trinajstić information content (AvgIpc) is 2.32. The van der Waals surface area contributed by atoms with Gasteiger partial charge in [-0.3, -0.25) is 0 Å². The van der Waals surface area contributed by atoms with Crippen molar-refractivity contribution in [2.45, 2.75) is 96.8 Å². The minimum Gasteiger partial charge on any atom is -0.0853 e. The highest BCUT2D eigenvalue weighted by molar-refractivity contribution is 5.01. The molecular weight excluding hydrogens is 204 g/mol. The Balaban J connectivity index is 2.28. The van der Waals surface area contributed by atoms with E-state index in [0.29, 0.717) is 0 Å². The van der Waals surface area contributed by atoms with Crippen LogP contribution in [-0.2, 0) is 0 Å². The number of rotatable bonds is 4. The molecule has 0 aliphatic heterocycles. The molecule has 0 nitrogen and oxygen atoms in total. The Morgan fingerprint density at radius 1 is 0.824 bits per heavy atom. The van der Waals surface area contributed by atoms with E-state index in [9.17, 15) is 0 Å². The van der Waals surface area contributed by atoms with Crippen molar-refractivity contribution in [3.8, 4) is 0 Å². The van der Waals surface area contributed by atoms with Crippen LogP contribution in [0, 0.1) is 0 Å². The van der Waals surface area contributed by atoms with Gasteiger partial charge in [-0.15, -0.1) is 0 Å². The van der Waals surface area contributed by atoms with Gasteiger partial charge in [0.2, 0.25) is 0 Å². The molecule has 0 fully saturated rings. The van der Waals surface area contributed by atoms with Gasteiger partial charge in [-0.25, -0.2) is 0 Å². The third-order valence-corrected chi connectivity index (χ3v) is 3.99. The van der Waals surface area contributed by atoms with Crippen molar-refractivity contribution in [3.63, 3.8) is 0 Å². The maximum Gasteiger partial charge on any atom is -0.0320 e. The Labute approximate surface area is 109 Å². The summed E-state index contributed by atoms with van der Waals surface area (Å²) in [6.07, 6.45) is 22.6. The van der Waals surface area contributed by atoms with Gasteiger partial charge >= 0.3 is 0 Å². The maximum atomic E-state index is 2.58. The zero-order chi connectivity index (χ0) is 12.2. The van der Waals surface area contributed by atoms with E-state index in [2.05, 4.69) is 13.0 Å². The molecule has 0 bridgehead atoms. The van der Waals surface area contributed by atoms with E-state index in [-0.39, 0.29) is 0 Å². The molecule has 17 heavy (non-hydrogen) atoms. The zero-order valence-corrected chi connectivity index (χ0v) is 12.0. The topological polar surface area (TPSA) is 0 Å². The summed E-state index contributed by atoms with van der Waals surface area (Å²) in [7, 11) is 0. The highest BCUT2D eigenvalue weighted by Crippen LogP contribution is 2.20. The fraction of sp³-hybridized carbons (Fsp3) is 0.882. The van der Waals surface area contributed by atoms with Gasteiger partial charge in [-0.2, -0.15) is 0 Å². The summed E-state index contributed by atoms with van der Waals surface area (Å²) in [6, 6.07) is 0. The van der Waals surface area contributed by atoms with Crippen molar-refractivity contribution in [2.24, 2.45) is 0 Å². The molecule has 100 valence electrons. The molecule has 0 aromatic heterocycles. The maximum absolute atomic E-state index is 2.58. The first-order chi connectivity index (χ1) is 8.43. The summed E-state index contributed by atoms with van der Waals surface area (Å²) in [5, 5.41) is 0. The molecule has 1 aliphatic carbocycles. The minimum atomic E-state index is 1.35. The molecule has 1 rings (SSSR count). The molecule has 0 saturated heterocycles. The van der Waals surface area contributed by atoms with Crippen LogP contribution in [0.25, 0.3) is 0 Å². The van der Waals surface area contributed by atoms with Crippen LogP contribution >= 0.6 is 0 Å². The molecule has 0 aromatic rings. The van der Waals surface area contributed by atoms with E-state index in [1.807, 2.05) is 0 Å². The van der Waals surface area contributed by atoms with Crippen molar-refractivity contribution in [3.05, 3.63) is 11.6 Å². The lowest BCUT2D eigenvalue weighted by molar-refractivity contribution is 0.557. The largest absolute Gasteiger partial charge is 0.0853 e. The van der Waals surface area contributed by atoms with Crippen LogP contribution in [0.15, 0.2) is 11.6 Å². The first-order valence-corrected chi connectivity index (χ1v) is 8.11. The van der Waals surface area contributed by atoms with Gasteiger partial charge < -0.3 is 0 Å². The monoisotopic (exact) mass is 236 g/mol. The van der Waals surface area contributed by atoms with Crippen molar-refractivity contribution in [1.29, 1.82) is 0 Å². The Kier molecular flexibility index (Phi) is 9.46. The second-order valence-corrected chi connectivity index (χ2v) is 5.69. The number of hydrogen-bond acceptors (Lipinski definition) is 0. The van der Waals surface area contributed by atoms with Gasteiger partial charge in [0.1, 0.15) is 0 Å². The van der Waals surface area contributed by atoms with E-state index in [0.717, 1.165) is 0 Å². The molecule has 0 N–H and O–H groups in total. The highest BCUT2D eigenvalue weighted by Gasteiger charge is 2.00. The Bertz CT molecular complexity index is 190. The van der Waals surface area contributed by atoms with Crippen LogP contribution in [0.1, 0.15) is 96.8 Å². The standard InChI is InChI=1S/C17H32/c1-2-3-11-14-17-15-12-9-7-5-4-6-8-10-13-16-17/h15H,2-14,16H2,1H3/b17-15-. The third kappa shape index (κ3) is 8.46. The van der Waals surface area contributed by atoms with Crippen molar-refractivity contribution < 1.29 is 0 Å². The molecule has 0 spiro atoms. The van der Waals surface area contributed by atoms with Crippen LogP contribution < -0.4 is 0 Å². The number of hydrogen-bond donors (Lipinski definition) is 0. The van der Waals surface area contributed by atoms with Crippen LogP contribution in [0.4, 0.5) is 0 Å². The predicted molar refractivity (Wildman–Crippen MR) is 78.4 cm³/mol. The SMILES string of the molecule is CCCCC/C1=C/CCCCCCCCCC1. The number of unbranched alkanes of at least 4 members (excludes halogenated alkanes) is 2.